The topological polar surface area (TPSA) is 58.6 Å². The van der Waals surface area contributed by atoms with E-state index in [0.717, 1.165) is 4.90 Å². The average molecular weight is 422 g/mol. The first-order chi connectivity index (χ1) is 11.8. The molecule has 0 aromatic heterocycles. The number of nitrogens with zero attached hydrogens (tertiary/aromatic N) is 1. The van der Waals surface area contributed by atoms with Crippen molar-refractivity contribution in [3.05, 3.63) is 62.1 Å². The Hall–Kier alpha value is -1.50. The number of urea groups is 1. The van der Waals surface area contributed by atoms with E-state index in [1.54, 1.807) is 12.1 Å². The quantitative estimate of drug-likeness (QED) is 0.655. The molecule has 0 saturated heterocycles. The van der Waals surface area contributed by atoms with Crippen molar-refractivity contribution < 1.29 is 14.3 Å². The summed E-state index contributed by atoms with van der Waals surface area (Å²) in [4.78, 5) is 26.0. The molecule has 0 saturated carbocycles. The van der Waals surface area contributed by atoms with Crippen LogP contribution < -0.4 is 5.32 Å². The van der Waals surface area contributed by atoms with E-state index in [1.807, 2.05) is 0 Å². The van der Waals surface area contributed by atoms with Crippen molar-refractivity contribution >= 4 is 64.0 Å². The van der Waals surface area contributed by atoms with Crippen molar-refractivity contribution in [3.8, 4) is 0 Å². The molecule has 0 aliphatic rings. The van der Waals surface area contributed by atoms with Crippen LogP contribution >= 0.6 is 46.4 Å². The number of rotatable bonds is 4. The molecule has 25 heavy (non-hydrogen) atoms. The third-order valence-electron chi connectivity index (χ3n) is 3.10. The number of carbonyl (C=O) groups excluding carboxylic acids is 2. The van der Waals surface area contributed by atoms with Crippen LogP contribution in [0.1, 0.15) is 10.4 Å². The van der Waals surface area contributed by atoms with E-state index >= 15 is 0 Å². The van der Waals surface area contributed by atoms with E-state index in [0.29, 0.717) is 10.7 Å². The van der Waals surface area contributed by atoms with Crippen LogP contribution in [0.3, 0.4) is 0 Å². The van der Waals surface area contributed by atoms with Crippen LogP contribution in [-0.2, 0) is 4.74 Å². The second kappa shape index (κ2) is 8.74. The van der Waals surface area contributed by atoms with Gasteiger partial charge in [-0.1, -0.05) is 52.5 Å². The highest BCUT2D eigenvalue weighted by molar-refractivity contribution is 6.42. The fraction of sp³-hybridized carbons (Fsp3) is 0.125. The van der Waals surface area contributed by atoms with Crippen LogP contribution in [0.2, 0.25) is 20.1 Å². The molecule has 0 aliphatic carbocycles. The smallest absolute Gasteiger partial charge is 0.330 e. The summed E-state index contributed by atoms with van der Waals surface area (Å²) in [7, 11) is 1.35. The van der Waals surface area contributed by atoms with Crippen molar-refractivity contribution in [3.63, 3.8) is 0 Å². The molecule has 3 amide bonds. The van der Waals surface area contributed by atoms with E-state index in [-0.39, 0.29) is 27.4 Å². The maximum Gasteiger partial charge on any atom is 0.330 e. The summed E-state index contributed by atoms with van der Waals surface area (Å²) in [5, 5.41) is 3.40. The van der Waals surface area contributed by atoms with Crippen LogP contribution in [0.5, 0.6) is 0 Å². The molecule has 2 rings (SSSR count). The SMILES string of the molecule is COCN(C(=O)Nc1ccc(Cl)c(Cl)c1)C(=O)c1c(Cl)cccc1Cl. The lowest BCUT2D eigenvalue weighted by atomic mass is 10.2. The van der Waals surface area contributed by atoms with Crippen LogP contribution in [0.15, 0.2) is 36.4 Å². The molecule has 132 valence electrons. The first-order valence-corrected chi connectivity index (χ1v) is 8.37. The summed E-state index contributed by atoms with van der Waals surface area (Å²) in [6.45, 7) is -0.298. The summed E-state index contributed by atoms with van der Waals surface area (Å²) in [5.74, 6) is -0.699. The predicted octanol–water partition coefficient (Wildman–Crippen LogP) is 5.58. The van der Waals surface area contributed by atoms with Crippen LogP contribution in [-0.4, -0.2) is 30.7 Å². The molecule has 9 heteroatoms. The molecule has 0 radical (unpaired) electrons. The highest BCUT2D eigenvalue weighted by Crippen LogP contribution is 2.27. The number of hydrogen-bond donors (Lipinski definition) is 1. The standard InChI is InChI=1S/C16H12Cl4N2O3/c1-25-8-22(15(23)14-11(18)3-2-4-12(14)19)16(24)21-9-5-6-10(17)13(20)7-9/h2-7H,8H2,1H3,(H,21,24). The van der Waals surface area contributed by atoms with Gasteiger partial charge in [0.15, 0.2) is 0 Å². The van der Waals surface area contributed by atoms with Crippen molar-refractivity contribution in [1.29, 1.82) is 0 Å². The summed E-state index contributed by atoms with van der Waals surface area (Å²) in [6.07, 6.45) is 0. The third-order valence-corrected chi connectivity index (χ3v) is 4.46. The molecule has 5 nitrogen and oxygen atoms in total. The van der Waals surface area contributed by atoms with Gasteiger partial charge in [-0.05, 0) is 30.3 Å². The zero-order valence-corrected chi connectivity index (χ0v) is 15.9. The monoisotopic (exact) mass is 420 g/mol. The summed E-state index contributed by atoms with van der Waals surface area (Å²) in [6, 6.07) is 8.39. The molecule has 0 fully saturated rings. The Bertz CT molecular complexity index is 794. The number of hydrogen-bond acceptors (Lipinski definition) is 3. The highest BCUT2D eigenvalue weighted by atomic mass is 35.5. The number of amides is 3. The lowest BCUT2D eigenvalue weighted by molar-refractivity contribution is 0.0556. The van der Waals surface area contributed by atoms with Crippen molar-refractivity contribution in [2.45, 2.75) is 0 Å². The number of methoxy groups -OCH3 is 1. The molecule has 2 aromatic carbocycles. The average Bonchev–Trinajstić information content (AvgIpc) is 2.55. The fourth-order valence-corrected chi connectivity index (χ4v) is 2.80. The van der Waals surface area contributed by atoms with Gasteiger partial charge in [-0.3, -0.25) is 4.79 Å². The van der Waals surface area contributed by atoms with Gasteiger partial charge >= 0.3 is 6.03 Å². The lowest BCUT2D eigenvalue weighted by Crippen LogP contribution is -2.41. The molecular formula is C16H12Cl4N2O3. The zero-order chi connectivity index (χ0) is 18.6. The molecule has 1 N–H and O–H groups in total. The van der Waals surface area contributed by atoms with Gasteiger partial charge in [-0.2, -0.15) is 0 Å². The number of carbonyl (C=O) groups is 2. The Kier molecular flexibility index (Phi) is 6.93. The number of ether oxygens (including phenoxy) is 1. The third kappa shape index (κ3) is 4.77. The van der Waals surface area contributed by atoms with Crippen molar-refractivity contribution in [2.75, 3.05) is 19.2 Å². The van der Waals surface area contributed by atoms with Crippen LogP contribution in [0.4, 0.5) is 10.5 Å². The molecule has 0 atom stereocenters. The van der Waals surface area contributed by atoms with Gasteiger partial charge < -0.3 is 10.1 Å². The molecule has 2 aromatic rings. The number of anilines is 1. The number of benzene rings is 2. The number of halogens is 4. The van der Waals surface area contributed by atoms with Gasteiger partial charge in [0.05, 0.1) is 25.7 Å². The van der Waals surface area contributed by atoms with E-state index in [9.17, 15) is 9.59 Å². The minimum Gasteiger partial charge on any atom is -0.364 e. The minimum atomic E-state index is -0.735. The van der Waals surface area contributed by atoms with Gasteiger partial charge in [0.1, 0.15) is 6.73 Å². The maximum absolute atomic E-state index is 12.7. The second-order valence-corrected chi connectivity index (χ2v) is 6.44. The lowest BCUT2D eigenvalue weighted by Gasteiger charge is -2.21. The van der Waals surface area contributed by atoms with E-state index in [1.165, 1.54) is 31.4 Å². The Labute approximate surface area is 164 Å². The first kappa shape index (κ1) is 19.8. The Morgan fingerprint density at radius 3 is 2.20 bits per heavy atom. The Morgan fingerprint density at radius 2 is 1.64 bits per heavy atom. The molecule has 0 heterocycles. The molecule has 0 unspecified atom stereocenters. The second-order valence-electron chi connectivity index (χ2n) is 4.81. The fourth-order valence-electron chi connectivity index (χ4n) is 1.94. The minimum absolute atomic E-state index is 0.00664. The highest BCUT2D eigenvalue weighted by Gasteiger charge is 2.26. The molecule has 0 bridgehead atoms. The van der Waals surface area contributed by atoms with E-state index < -0.39 is 11.9 Å². The summed E-state index contributed by atoms with van der Waals surface area (Å²) >= 11 is 23.8. The summed E-state index contributed by atoms with van der Waals surface area (Å²) < 4.78 is 4.94. The largest absolute Gasteiger partial charge is 0.364 e. The molecule has 0 aliphatic heterocycles. The van der Waals surface area contributed by atoms with E-state index in [2.05, 4.69) is 5.32 Å². The van der Waals surface area contributed by atoms with Crippen LogP contribution in [0.25, 0.3) is 0 Å². The van der Waals surface area contributed by atoms with Gasteiger partial charge in [0, 0.05) is 12.8 Å². The van der Waals surface area contributed by atoms with Gasteiger partial charge in [-0.15, -0.1) is 0 Å². The number of nitrogens with one attached hydrogen (secondary N) is 1. The predicted molar refractivity (Wildman–Crippen MR) is 100.0 cm³/mol. The maximum atomic E-state index is 12.7. The number of imide groups is 1. The molecule has 0 spiro atoms. The van der Waals surface area contributed by atoms with Crippen LogP contribution in [0, 0.1) is 0 Å². The zero-order valence-electron chi connectivity index (χ0n) is 12.9. The van der Waals surface area contributed by atoms with Crippen molar-refractivity contribution in [1.82, 2.24) is 4.90 Å². The van der Waals surface area contributed by atoms with Gasteiger partial charge in [0.25, 0.3) is 5.91 Å². The Balaban J connectivity index is 2.28. The first-order valence-electron chi connectivity index (χ1n) is 6.86. The van der Waals surface area contributed by atoms with Gasteiger partial charge in [-0.25, -0.2) is 9.69 Å². The normalized spacial score (nSPS) is 10.4. The molecular weight excluding hydrogens is 410 g/mol. The van der Waals surface area contributed by atoms with Gasteiger partial charge in [0.2, 0.25) is 0 Å². The van der Waals surface area contributed by atoms with E-state index in [4.69, 9.17) is 51.1 Å². The Morgan fingerprint density at radius 1 is 1.00 bits per heavy atom. The van der Waals surface area contributed by atoms with Crippen molar-refractivity contribution in [2.24, 2.45) is 0 Å². The summed E-state index contributed by atoms with van der Waals surface area (Å²) in [5.41, 5.74) is 0.366.